The van der Waals surface area contributed by atoms with Crippen molar-refractivity contribution in [2.45, 2.75) is 0 Å². The molecule has 0 radical (unpaired) electrons. The smallest absolute Gasteiger partial charge is 0.246 e. The summed E-state index contributed by atoms with van der Waals surface area (Å²) in [6.45, 7) is -0.124. The second kappa shape index (κ2) is 9.04. The number of para-hydroxylation sites is 1. The van der Waals surface area contributed by atoms with Gasteiger partial charge in [-0.15, -0.1) is 0 Å². The van der Waals surface area contributed by atoms with E-state index in [1.807, 2.05) is 24.3 Å². The molecule has 2 aromatic carbocycles. The van der Waals surface area contributed by atoms with Crippen molar-refractivity contribution in [1.82, 2.24) is 4.90 Å². The standard InChI is InChI=1S/C18H15BrCl2N2O2/c1-23(17(25)10-9-12-5-2-3-6-13(12)19)11-16(24)22-18-14(20)7-4-8-15(18)21/h2-10H,11H2,1H3,(H,22,24)/b10-9+. The number of hydrogen-bond acceptors (Lipinski definition) is 2. The van der Waals surface area contributed by atoms with Crippen LogP contribution in [0.25, 0.3) is 6.08 Å². The Morgan fingerprint density at radius 2 is 1.76 bits per heavy atom. The molecule has 0 atom stereocenters. The van der Waals surface area contributed by atoms with Crippen molar-refractivity contribution >= 4 is 62.7 Å². The molecule has 0 aliphatic heterocycles. The summed E-state index contributed by atoms with van der Waals surface area (Å²) in [7, 11) is 1.54. The Labute approximate surface area is 164 Å². The van der Waals surface area contributed by atoms with Gasteiger partial charge in [0.2, 0.25) is 11.8 Å². The zero-order chi connectivity index (χ0) is 18.4. The van der Waals surface area contributed by atoms with E-state index in [1.165, 1.54) is 11.0 Å². The summed E-state index contributed by atoms with van der Waals surface area (Å²) >= 11 is 15.4. The summed E-state index contributed by atoms with van der Waals surface area (Å²) in [5, 5.41) is 3.29. The molecule has 7 heteroatoms. The van der Waals surface area contributed by atoms with E-state index < -0.39 is 0 Å². The number of benzene rings is 2. The van der Waals surface area contributed by atoms with Crippen molar-refractivity contribution in [2.24, 2.45) is 0 Å². The van der Waals surface area contributed by atoms with Crippen LogP contribution in [0, 0.1) is 0 Å². The number of nitrogens with zero attached hydrogens (tertiary/aromatic N) is 1. The van der Waals surface area contributed by atoms with Gasteiger partial charge >= 0.3 is 0 Å². The third-order valence-corrected chi connectivity index (χ3v) is 4.65. The van der Waals surface area contributed by atoms with E-state index >= 15 is 0 Å². The van der Waals surface area contributed by atoms with E-state index in [0.717, 1.165) is 10.0 Å². The highest BCUT2D eigenvalue weighted by molar-refractivity contribution is 9.10. The number of amides is 2. The van der Waals surface area contributed by atoms with Gasteiger partial charge in [-0.05, 0) is 29.8 Å². The van der Waals surface area contributed by atoms with Gasteiger partial charge in [-0.3, -0.25) is 9.59 Å². The molecule has 1 N–H and O–H groups in total. The molecule has 4 nitrogen and oxygen atoms in total. The first-order chi connectivity index (χ1) is 11.9. The molecule has 0 unspecified atom stereocenters. The summed E-state index contributed by atoms with van der Waals surface area (Å²) in [5.74, 6) is -0.684. The molecule has 0 bridgehead atoms. The van der Waals surface area contributed by atoms with Crippen LogP contribution in [0.2, 0.25) is 10.0 Å². The molecule has 130 valence electrons. The minimum atomic E-state index is -0.389. The van der Waals surface area contributed by atoms with Gasteiger partial charge in [0.25, 0.3) is 0 Å². The lowest BCUT2D eigenvalue weighted by Gasteiger charge is -2.16. The predicted octanol–water partition coefficient (Wildman–Crippen LogP) is 4.87. The highest BCUT2D eigenvalue weighted by atomic mass is 79.9. The topological polar surface area (TPSA) is 49.4 Å². The lowest BCUT2D eigenvalue weighted by molar-refractivity contribution is -0.129. The van der Waals surface area contributed by atoms with E-state index in [2.05, 4.69) is 21.2 Å². The zero-order valence-electron chi connectivity index (χ0n) is 13.3. The maximum Gasteiger partial charge on any atom is 0.246 e. The van der Waals surface area contributed by atoms with Gasteiger partial charge in [0, 0.05) is 17.6 Å². The van der Waals surface area contributed by atoms with Crippen LogP contribution >= 0.6 is 39.1 Å². The number of rotatable bonds is 5. The third-order valence-electron chi connectivity index (χ3n) is 3.29. The monoisotopic (exact) mass is 440 g/mol. The molecule has 0 heterocycles. The zero-order valence-corrected chi connectivity index (χ0v) is 16.4. The van der Waals surface area contributed by atoms with Crippen LogP contribution in [0.3, 0.4) is 0 Å². The number of nitrogens with one attached hydrogen (secondary N) is 1. The summed E-state index contributed by atoms with van der Waals surface area (Å²) in [5.41, 5.74) is 1.21. The molecule has 2 rings (SSSR count). The number of halogens is 3. The Morgan fingerprint density at radius 3 is 2.40 bits per heavy atom. The van der Waals surface area contributed by atoms with E-state index in [0.29, 0.717) is 15.7 Å². The predicted molar refractivity (Wildman–Crippen MR) is 106 cm³/mol. The number of anilines is 1. The van der Waals surface area contributed by atoms with Crippen LogP contribution in [0.4, 0.5) is 5.69 Å². The van der Waals surface area contributed by atoms with Gasteiger partial charge in [0.15, 0.2) is 0 Å². The summed E-state index contributed by atoms with van der Waals surface area (Å²) in [6.07, 6.45) is 3.10. The molecule has 0 aliphatic carbocycles. The molecule has 2 amide bonds. The van der Waals surface area contributed by atoms with Gasteiger partial charge in [-0.1, -0.05) is 63.4 Å². The van der Waals surface area contributed by atoms with Crippen LogP contribution in [-0.4, -0.2) is 30.3 Å². The van der Waals surface area contributed by atoms with Crippen LogP contribution in [-0.2, 0) is 9.59 Å². The number of likely N-dealkylation sites (N-methyl/N-ethyl adjacent to an activating group) is 1. The van der Waals surface area contributed by atoms with Crippen LogP contribution in [0.5, 0.6) is 0 Å². The van der Waals surface area contributed by atoms with E-state index in [1.54, 1.807) is 31.3 Å². The highest BCUT2D eigenvalue weighted by Gasteiger charge is 2.13. The molecule has 0 fully saturated rings. The van der Waals surface area contributed by atoms with Crippen molar-refractivity contribution in [3.8, 4) is 0 Å². The van der Waals surface area contributed by atoms with E-state index in [9.17, 15) is 9.59 Å². The van der Waals surface area contributed by atoms with Crippen LogP contribution in [0.1, 0.15) is 5.56 Å². The fraction of sp³-hybridized carbons (Fsp3) is 0.111. The van der Waals surface area contributed by atoms with Gasteiger partial charge in [-0.2, -0.15) is 0 Å². The molecule has 0 saturated heterocycles. The summed E-state index contributed by atoms with van der Waals surface area (Å²) < 4.78 is 0.882. The van der Waals surface area contributed by atoms with Gasteiger partial charge in [-0.25, -0.2) is 0 Å². The molecular weight excluding hydrogens is 427 g/mol. The maximum atomic E-state index is 12.1. The van der Waals surface area contributed by atoms with E-state index in [-0.39, 0.29) is 18.4 Å². The molecule has 0 aromatic heterocycles. The number of carbonyl (C=O) groups excluding carboxylic acids is 2. The SMILES string of the molecule is CN(CC(=O)Nc1c(Cl)cccc1Cl)C(=O)/C=C/c1ccccc1Br. The normalized spacial score (nSPS) is 10.7. The average Bonchev–Trinajstić information content (AvgIpc) is 2.57. The molecule has 0 saturated carbocycles. The molecular formula is C18H15BrCl2N2O2. The lowest BCUT2D eigenvalue weighted by atomic mass is 10.2. The van der Waals surface area contributed by atoms with Gasteiger partial charge < -0.3 is 10.2 Å². The van der Waals surface area contributed by atoms with Crippen molar-refractivity contribution in [3.05, 3.63) is 68.6 Å². The second-order valence-corrected chi connectivity index (χ2v) is 6.86. The van der Waals surface area contributed by atoms with Crippen molar-refractivity contribution in [1.29, 1.82) is 0 Å². The van der Waals surface area contributed by atoms with Gasteiger partial charge in [0.05, 0.1) is 22.3 Å². The Balaban J connectivity index is 1.97. The largest absolute Gasteiger partial charge is 0.333 e. The molecule has 0 spiro atoms. The van der Waals surface area contributed by atoms with Crippen LogP contribution < -0.4 is 5.32 Å². The number of hydrogen-bond donors (Lipinski definition) is 1. The van der Waals surface area contributed by atoms with Crippen molar-refractivity contribution < 1.29 is 9.59 Å². The first-order valence-corrected chi connectivity index (χ1v) is 8.85. The minimum absolute atomic E-state index is 0.124. The first-order valence-electron chi connectivity index (χ1n) is 7.30. The highest BCUT2D eigenvalue weighted by Crippen LogP contribution is 2.29. The van der Waals surface area contributed by atoms with Gasteiger partial charge in [0.1, 0.15) is 0 Å². The summed E-state index contributed by atoms with van der Waals surface area (Å²) in [6, 6.07) is 12.5. The average molecular weight is 442 g/mol. The Bertz CT molecular complexity index is 804. The fourth-order valence-electron chi connectivity index (χ4n) is 1.99. The Morgan fingerprint density at radius 1 is 1.12 bits per heavy atom. The van der Waals surface area contributed by atoms with Crippen molar-refractivity contribution in [2.75, 3.05) is 18.9 Å². The molecule has 25 heavy (non-hydrogen) atoms. The molecule has 2 aromatic rings. The molecule has 0 aliphatic rings. The quantitative estimate of drug-likeness (QED) is 0.673. The van der Waals surface area contributed by atoms with E-state index in [4.69, 9.17) is 23.2 Å². The summed E-state index contributed by atoms with van der Waals surface area (Å²) in [4.78, 5) is 25.5. The lowest BCUT2D eigenvalue weighted by Crippen LogP contribution is -2.34. The third kappa shape index (κ3) is 5.59. The van der Waals surface area contributed by atoms with Crippen molar-refractivity contribution in [3.63, 3.8) is 0 Å². The minimum Gasteiger partial charge on any atom is -0.333 e. The first kappa shape index (κ1) is 19.5. The number of carbonyl (C=O) groups is 2. The Kier molecular flexibility index (Phi) is 7.05. The Hall–Kier alpha value is -1.82. The fourth-order valence-corrected chi connectivity index (χ4v) is 2.90. The maximum absolute atomic E-state index is 12.1. The second-order valence-electron chi connectivity index (χ2n) is 5.19. The van der Waals surface area contributed by atoms with Crippen LogP contribution in [0.15, 0.2) is 53.0 Å².